The summed E-state index contributed by atoms with van der Waals surface area (Å²) in [6.45, 7) is 7.54. The Morgan fingerprint density at radius 3 is 2.71 bits per heavy atom. The number of rotatable bonds is 8. The fraction of sp³-hybridized carbons (Fsp3) is 0.419. The number of hydrogen-bond acceptors (Lipinski definition) is 6. The molecule has 1 aliphatic heterocycles. The van der Waals surface area contributed by atoms with Crippen LogP contribution in [0.2, 0.25) is 0 Å². The lowest BCUT2D eigenvalue weighted by Crippen LogP contribution is -2.68. The van der Waals surface area contributed by atoms with E-state index in [2.05, 4.69) is 17.5 Å². The Morgan fingerprint density at radius 1 is 1.21 bits per heavy atom. The van der Waals surface area contributed by atoms with Crippen LogP contribution in [0.1, 0.15) is 43.7 Å². The van der Waals surface area contributed by atoms with Gasteiger partial charge in [-0.3, -0.25) is 14.5 Å². The molecule has 1 saturated carbocycles. The van der Waals surface area contributed by atoms with Crippen molar-refractivity contribution < 1.29 is 24.2 Å². The van der Waals surface area contributed by atoms with Crippen molar-refractivity contribution in [2.45, 2.75) is 49.7 Å². The average molecular weight is 519 g/mol. The number of nitrogens with zero attached hydrogens (tertiary/aromatic N) is 2. The molecule has 2 aromatic carbocycles. The number of hydrogen-bond donors (Lipinski definition) is 1. The molecule has 2 fully saturated rings. The van der Waals surface area contributed by atoms with Crippen LogP contribution in [0.3, 0.4) is 0 Å². The Bertz CT molecular complexity index is 1210. The Balaban J connectivity index is 1.69. The summed E-state index contributed by atoms with van der Waals surface area (Å²) in [4.78, 5) is 29.9. The second-order valence-electron chi connectivity index (χ2n) is 10.4. The van der Waals surface area contributed by atoms with Gasteiger partial charge in [-0.15, -0.1) is 6.58 Å². The van der Waals surface area contributed by atoms with Crippen LogP contribution >= 0.6 is 0 Å². The van der Waals surface area contributed by atoms with Crippen LogP contribution in [-0.2, 0) is 19.7 Å². The monoisotopic (exact) mass is 518 g/mol. The Morgan fingerprint density at radius 2 is 2.00 bits per heavy atom. The maximum atomic E-state index is 13.2. The number of aromatic hydroxyl groups is 1. The summed E-state index contributed by atoms with van der Waals surface area (Å²) in [7, 11) is 3.49. The summed E-state index contributed by atoms with van der Waals surface area (Å²) in [6, 6.07) is 14.8. The molecule has 3 atom stereocenters. The molecule has 38 heavy (non-hydrogen) atoms. The maximum Gasteiger partial charge on any atom is 0.303 e. The molecular formula is C31H38N2O5. The van der Waals surface area contributed by atoms with Crippen molar-refractivity contribution in [3.63, 3.8) is 0 Å². The van der Waals surface area contributed by atoms with E-state index in [-0.39, 0.29) is 23.7 Å². The smallest absolute Gasteiger partial charge is 0.303 e. The van der Waals surface area contributed by atoms with E-state index < -0.39 is 11.0 Å². The number of piperidine rings is 1. The van der Waals surface area contributed by atoms with Gasteiger partial charge < -0.3 is 19.5 Å². The number of carbonyl (C=O) groups excluding carboxylic acids is 2. The predicted octanol–water partition coefficient (Wildman–Crippen LogP) is 4.56. The number of esters is 1. The fourth-order valence-corrected chi connectivity index (χ4v) is 6.34. The van der Waals surface area contributed by atoms with Gasteiger partial charge in [0.25, 0.3) is 0 Å². The highest BCUT2D eigenvalue weighted by atomic mass is 16.6. The lowest BCUT2D eigenvalue weighted by molar-refractivity contribution is -0.189. The lowest BCUT2D eigenvalue weighted by Gasteiger charge is -2.60. The molecule has 1 aliphatic carbocycles. The van der Waals surface area contributed by atoms with Gasteiger partial charge in [-0.05, 0) is 73.7 Å². The third kappa shape index (κ3) is 5.48. The zero-order valence-electron chi connectivity index (χ0n) is 22.6. The van der Waals surface area contributed by atoms with Crippen LogP contribution in [0.5, 0.6) is 11.5 Å². The summed E-state index contributed by atoms with van der Waals surface area (Å²) in [6.07, 6.45) is 7.94. The van der Waals surface area contributed by atoms with E-state index in [9.17, 15) is 14.7 Å². The van der Waals surface area contributed by atoms with Gasteiger partial charge in [0.2, 0.25) is 5.91 Å². The second kappa shape index (κ2) is 11.4. The second-order valence-corrected chi connectivity index (χ2v) is 10.4. The van der Waals surface area contributed by atoms with Gasteiger partial charge in [0, 0.05) is 44.6 Å². The molecule has 7 nitrogen and oxygen atoms in total. The van der Waals surface area contributed by atoms with E-state index in [0.717, 1.165) is 36.4 Å². The predicted molar refractivity (Wildman–Crippen MR) is 148 cm³/mol. The van der Waals surface area contributed by atoms with Crippen LogP contribution in [0.4, 0.5) is 0 Å². The first-order chi connectivity index (χ1) is 18.2. The normalized spacial score (nSPS) is 25.4. The van der Waals surface area contributed by atoms with Crippen molar-refractivity contribution in [3.05, 3.63) is 78.4 Å². The van der Waals surface area contributed by atoms with Gasteiger partial charge in [-0.1, -0.05) is 30.3 Å². The average Bonchev–Trinajstić information content (AvgIpc) is 2.90. The third-order valence-corrected chi connectivity index (χ3v) is 8.20. The van der Waals surface area contributed by atoms with Crippen LogP contribution in [0.25, 0.3) is 6.08 Å². The van der Waals surface area contributed by atoms with Crippen LogP contribution in [0.15, 0.2) is 67.3 Å². The van der Waals surface area contributed by atoms with E-state index in [1.54, 1.807) is 42.4 Å². The lowest BCUT2D eigenvalue weighted by atomic mass is 9.55. The van der Waals surface area contributed by atoms with Gasteiger partial charge in [0.1, 0.15) is 17.1 Å². The topological polar surface area (TPSA) is 79.3 Å². The number of fused-ring (bicyclic) bond motifs is 1. The number of benzene rings is 2. The Kier molecular flexibility index (Phi) is 8.26. The molecule has 0 bridgehead atoms. The summed E-state index contributed by atoms with van der Waals surface area (Å²) in [5, 5.41) is 9.73. The van der Waals surface area contributed by atoms with Gasteiger partial charge in [-0.2, -0.15) is 0 Å². The number of amides is 1. The SMILES string of the molecule is C=CCN1CC[C@@]2(c3cccc(OC)c3)C[C@@H](N(C)C(=O)C=Cc3cccc(O)c3)CC[C@]2(OC(C)=O)C1. The molecule has 7 heteroatoms. The minimum absolute atomic E-state index is 0.0443. The molecule has 0 aromatic heterocycles. The number of phenolic OH excluding ortho intramolecular Hbond substituents is 1. The van der Waals surface area contributed by atoms with Gasteiger partial charge in [0.05, 0.1) is 7.11 Å². The molecule has 0 spiro atoms. The number of methoxy groups -OCH3 is 1. The molecule has 1 amide bonds. The van der Waals surface area contributed by atoms with E-state index >= 15 is 0 Å². The quantitative estimate of drug-likeness (QED) is 0.314. The zero-order valence-corrected chi connectivity index (χ0v) is 22.6. The van der Waals surface area contributed by atoms with Crippen molar-refractivity contribution in [1.82, 2.24) is 9.80 Å². The first-order valence-electron chi connectivity index (χ1n) is 13.1. The van der Waals surface area contributed by atoms with Crippen LogP contribution in [-0.4, -0.2) is 72.2 Å². The molecule has 1 heterocycles. The largest absolute Gasteiger partial charge is 0.508 e. The minimum Gasteiger partial charge on any atom is -0.508 e. The Hall–Kier alpha value is -3.58. The molecule has 1 saturated heterocycles. The van der Waals surface area contributed by atoms with E-state index in [1.165, 1.54) is 6.92 Å². The van der Waals surface area contributed by atoms with E-state index in [0.29, 0.717) is 25.8 Å². The van der Waals surface area contributed by atoms with Crippen molar-refractivity contribution in [3.8, 4) is 11.5 Å². The Labute approximate surface area is 225 Å². The van der Waals surface area contributed by atoms with Gasteiger partial charge in [-0.25, -0.2) is 0 Å². The zero-order chi connectivity index (χ0) is 27.3. The van der Waals surface area contributed by atoms with Gasteiger partial charge in [0.15, 0.2) is 0 Å². The van der Waals surface area contributed by atoms with Crippen molar-refractivity contribution in [1.29, 1.82) is 0 Å². The number of ether oxygens (including phenoxy) is 2. The number of phenols is 1. The highest BCUT2D eigenvalue weighted by Gasteiger charge is 2.61. The van der Waals surface area contributed by atoms with Gasteiger partial charge >= 0.3 is 5.97 Å². The first-order valence-corrected chi connectivity index (χ1v) is 13.1. The fourth-order valence-electron chi connectivity index (χ4n) is 6.34. The molecule has 0 unspecified atom stereocenters. The standard InChI is InChI=1S/C31H38N2O5/c1-5-17-33-18-16-30(25-9-7-11-28(20-25)37-4)21-26(14-15-31(30,22-33)38-23(2)34)32(3)29(36)13-12-24-8-6-10-27(35)19-24/h5-13,19-20,26,35H,1,14-18,21-22H2,2-4H3/t26-,30-,31-/m0/s1. The third-order valence-electron chi connectivity index (χ3n) is 8.20. The molecule has 0 radical (unpaired) electrons. The molecule has 2 aromatic rings. The molecule has 4 rings (SSSR count). The molecular weight excluding hydrogens is 480 g/mol. The summed E-state index contributed by atoms with van der Waals surface area (Å²) < 4.78 is 11.9. The highest BCUT2D eigenvalue weighted by Crippen LogP contribution is 2.54. The number of likely N-dealkylation sites (N-methyl/N-ethyl adjacent to an activating group) is 1. The van der Waals surface area contributed by atoms with Crippen LogP contribution in [0, 0.1) is 0 Å². The minimum atomic E-state index is -0.732. The highest BCUT2D eigenvalue weighted by molar-refractivity contribution is 5.91. The summed E-state index contributed by atoms with van der Waals surface area (Å²) in [5.74, 6) is 0.505. The number of likely N-dealkylation sites (tertiary alicyclic amines) is 1. The van der Waals surface area contributed by atoms with Crippen molar-refractivity contribution in [2.24, 2.45) is 0 Å². The molecule has 202 valence electrons. The maximum absolute atomic E-state index is 13.2. The first kappa shape index (κ1) is 27.5. The molecule has 2 aliphatic rings. The van der Waals surface area contributed by atoms with Crippen molar-refractivity contribution >= 4 is 18.0 Å². The summed E-state index contributed by atoms with van der Waals surface area (Å²) in [5.41, 5.74) is 0.602. The van der Waals surface area contributed by atoms with Crippen LogP contribution < -0.4 is 4.74 Å². The van der Waals surface area contributed by atoms with Crippen molar-refractivity contribution in [2.75, 3.05) is 33.8 Å². The molecule has 1 N–H and O–H groups in total. The summed E-state index contributed by atoms with van der Waals surface area (Å²) >= 11 is 0. The van der Waals surface area contributed by atoms with E-state index in [4.69, 9.17) is 9.47 Å². The number of carbonyl (C=O) groups is 2. The van der Waals surface area contributed by atoms with E-state index in [1.807, 2.05) is 37.4 Å².